The first kappa shape index (κ1) is 18.2. The minimum absolute atomic E-state index is 0.656. The van der Waals surface area contributed by atoms with Crippen LogP contribution in [0.4, 0.5) is 0 Å². The highest BCUT2D eigenvalue weighted by Crippen LogP contribution is 2.41. The molecular weight excluding hydrogens is 346 g/mol. The molecule has 3 nitrogen and oxygen atoms in total. The van der Waals surface area contributed by atoms with Crippen molar-refractivity contribution in [2.45, 2.75) is 13.5 Å². The molecule has 4 rings (SSSR count). The zero-order chi connectivity index (χ0) is 19.3. The summed E-state index contributed by atoms with van der Waals surface area (Å²) in [7, 11) is 0. The lowest BCUT2D eigenvalue weighted by molar-refractivity contribution is 0.112. The minimum Gasteiger partial charge on any atom is -0.380 e. The van der Waals surface area contributed by atoms with Gasteiger partial charge in [0.15, 0.2) is 0 Å². The smallest absolute Gasteiger partial charge is 0.150 e. The second-order valence-corrected chi connectivity index (χ2v) is 6.70. The summed E-state index contributed by atoms with van der Waals surface area (Å²) >= 11 is 0. The topological polar surface area (TPSA) is 31.2 Å². The predicted octanol–water partition coefficient (Wildman–Crippen LogP) is 5.82. The van der Waals surface area contributed by atoms with Crippen molar-refractivity contribution < 1.29 is 9.53 Å². The molecule has 0 radical (unpaired) electrons. The molecule has 0 bridgehead atoms. The molecule has 3 heteroatoms. The number of benzene rings is 3. The van der Waals surface area contributed by atoms with E-state index in [1.54, 1.807) is 0 Å². The summed E-state index contributed by atoms with van der Waals surface area (Å²) in [6, 6.07) is 26.7. The first-order valence-electron chi connectivity index (χ1n) is 9.63. The molecule has 0 saturated carbocycles. The van der Waals surface area contributed by atoms with Crippen LogP contribution in [-0.2, 0) is 11.3 Å². The standard InChI is InChI=1S/C25H23NO2/c1-2-28-16-15-26-23-14-7-6-13-22(23)24(21-12-8-9-19(17-21)18-27)25(26)20-10-4-3-5-11-20/h3-14,17-18H,2,15-16H2,1H3. The van der Waals surface area contributed by atoms with Gasteiger partial charge in [-0.05, 0) is 30.2 Å². The Morgan fingerprint density at radius 2 is 1.64 bits per heavy atom. The Hall–Kier alpha value is -3.17. The maximum atomic E-state index is 11.4. The van der Waals surface area contributed by atoms with Gasteiger partial charge in [0.2, 0.25) is 0 Å². The van der Waals surface area contributed by atoms with Crippen molar-refractivity contribution in [1.82, 2.24) is 4.57 Å². The van der Waals surface area contributed by atoms with Crippen LogP contribution >= 0.6 is 0 Å². The maximum Gasteiger partial charge on any atom is 0.150 e. The third kappa shape index (κ3) is 3.37. The number of aromatic nitrogens is 1. The minimum atomic E-state index is 0.656. The number of rotatable bonds is 7. The fraction of sp³-hybridized carbons (Fsp3) is 0.160. The molecule has 4 aromatic rings. The Labute approximate surface area is 165 Å². The Kier molecular flexibility index (Phi) is 5.36. The molecule has 0 aliphatic carbocycles. The summed E-state index contributed by atoms with van der Waals surface area (Å²) in [5.74, 6) is 0. The fourth-order valence-electron chi connectivity index (χ4n) is 3.79. The van der Waals surface area contributed by atoms with E-state index in [1.165, 1.54) is 10.9 Å². The third-order valence-electron chi connectivity index (χ3n) is 4.99. The second kappa shape index (κ2) is 8.24. The fourth-order valence-corrected chi connectivity index (χ4v) is 3.79. The van der Waals surface area contributed by atoms with Gasteiger partial charge in [0.05, 0.1) is 12.3 Å². The summed E-state index contributed by atoms with van der Waals surface area (Å²) in [4.78, 5) is 11.4. The number of aldehydes is 1. The van der Waals surface area contributed by atoms with Gasteiger partial charge in [0.25, 0.3) is 0 Å². The van der Waals surface area contributed by atoms with E-state index >= 15 is 0 Å². The Morgan fingerprint density at radius 1 is 0.893 bits per heavy atom. The van der Waals surface area contributed by atoms with Gasteiger partial charge in [-0.1, -0.05) is 66.7 Å². The van der Waals surface area contributed by atoms with Crippen molar-refractivity contribution in [3.8, 4) is 22.4 Å². The molecule has 0 atom stereocenters. The molecule has 1 aromatic heterocycles. The van der Waals surface area contributed by atoms with E-state index in [-0.39, 0.29) is 0 Å². The Morgan fingerprint density at radius 3 is 2.43 bits per heavy atom. The molecule has 3 aromatic carbocycles. The van der Waals surface area contributed by atoms with Gasteiger partial charge in [0, 0.05) is 35.2 Å². The lowest BCUT2D eigenvalue weighted by Gasteiger charge is -2.13. The SMILES string of the molecule is CCOCCn1c(-c2ccccc2)c(-c2cccc(C=O)c2)c2ccccc21. The van der Waals surface area contributed by atoms with Crippen LogP contribution in [0.5, 0.6) is 0 Å². The molecule has 0 aliphatic heterocycles. The first-order valence-corrected chi connectivity index (χ1v) is 9.63. The average molecular weight is 369 g/mol. The summed E-state index contributed by atoms with van der Waals surface area (Å²) < 4.78 is 8.00. The number of carbonyl (C=O) groups excluding carboxylic acids is 1. The summed E-state index contributed by atoms with van der Waals surface area (Å²) in [6.07, 6.45) is 0.903. The van der Waals surface area contributed by atoms with E-state index in [4.69, 9.17) is 4.74 Å². The molecule has 0 fully saturated rings. The van der Waals surface area contributed by atoms with Gasteiger partial charge in [-0.25, -0.2) is 0 Å². The third-order valence-corrected chi connectivity index (χ3v) is 4.99. The lowest BCUT2D eigenvalue weighted by atomic mass is 9.97. The van der Waals surface area contributed by atoms with Crippen LogP contribution in [0.2, 0.25) is 0 Å². The van der Waals surface area contributed by atoms with Crippen LogP contribution in [0.25, 0.3) is 33.3 Å². The molecule has 0 spiro atoms. The van der Waals surface area contributed by atoms with E-state index in [9.17, 15) is 4.79 Å². The molecule has 0 amide bonds. The summed E-state index contributed by atoms with van der Waals surface area (Å²) in [5, 5.41) is 1.18. The quantitative estimate of drug-likeness (QED) is 0.303. The normalized spacial score (nSPS) is 11.0. The maximum absolute atomic E-state index is 11.4. The van der Waals surface area contributed by atoms with Crippen molar-refractivity contribution in [1.29, 1.82) is 0 Å². The van der Waals surface area contributed by atoms with Crippen LogP contribution in [0.3, 0.4) is 0 Å². The molecule has 0 aliphatic rings. The van der Waals surface area contributed by atoms with Crippen LogP contribution in [-0.4, -0.2) is 24.1 Å². The summed E-state index contributed by atoms with van der Waals surface area (Å²) in [5.41, 5.74) is 6.37. The zero-order valence-electron chi connectivity index (χ0n) is 16.0. The molecular formula is C25H23NO2. The van der Waals surface area contributed by atoms with Crippen molar-refractivity contribution in [3.05, 3.63) is 84.4 Å². The predicted molar refractivity (Wildman–Crippen MR) is 115 cm³/mol. The van der Waals surface area contributed by atoms with Gasteiger partial charge in [0.1, 0.15) is 6.29 Å². The lowest BCUT2D eigenvalue weighted by Crippen LogP contribution is -2.07. The van der Waals surface area contributed by atoms with Gasteiger partial charge in [-0.2, -0.15) is 0 Å². The van der Waals surface area contributed by atoms with Gasteiger partial charge in [-0.3, -0.25) is 4.79 Å². The van der Waals surface area contributed by atoms with Crippen molar-refractivity contribution in [3.63, 3.8) is 0 Å². The molecule has 28 heavy (non-hydrogen) atoms. The molecule has 0 unspecified atom stereocenters. The molecule has 140 valence electrons. The number of hydrogen-bond acceptors (Lipinski definition) is 2. The number of carbonyl (C=O) groups is 1. The Bertz CT molecular complexity index is 1100. The highest BCUT2D eigenvalue weighted by molar-refractivity contribution is 6.05. The largest absolute Gasteiger partial charge is 0.380 e. The van der Waals surface area contributed by atoms with Crippen LogP contribution in [0.15, 0.2) is 78.9 Å². The average Bonchev–Trinajstić information content (AvgIpc) is 3.09. The van der Waals surface area contributed by atoms with E-state index in [2.05, 4.69) is 59.2 Å². The molecule has 0 saturated heterocycles. The van der Waals surface area contributed by atoms with Gasteiger partial charge < -0.3 is 9.30 Å². The number of ether oxygens (including phenoxy) is 1. The summed E-state index contributed by atoms with van der Waals surface area (Å²) in [6.45, 7) is 4.14. The van der Waals surface area contributed by atoms with Gasteiger partial charge >= 0.3 is 0 Å². The van der Waals surface area contributed by atoms with E-state index in [1.807, 2.05) is 31.2 Å². The second-order valence-electron chi connectivity index (χ2n) is 6.70. The zero-order valence-corrected chi connectivity index (χ0v) is 16.0. The number of fused-ring (bicyclic) bond motifs is 1. The number of para-hydroxylation sites is 1. The van der Waals surface area contributed by atoms with Crippen molar-refractivity contribution in [2.24, 2.45) is 0 Å². The van der Waals surface area contributed by atoms with Crippen LogP contribution < -0.4 is 0 Å². The van der Waals surface area contributed by atoms with Gasteiger partial charge in [-0.15, -0.1) is 0 Å². The van der Waals surface area contributed by atoms with Crippen LogP contribution in [0.1, 0.15) is 17.3 Å². The molecule has 1 heterocycles. The number of nitrogens with zero attached hydrogens (tertiary/aromatic N) is 1. The Balaban J connectivity index is 2.03. The first-order chi connectivity index (χ1) is 13.8. The van der Waals surface area contributed by atoms with E-state index < -0.39 is 0 Å². The van der Waals surface area contributed by atoms with Crippen molar-refractivity contribution >= 4 is 17.2 Å². The highest BCUT2D eigenvalue weighted by Gasteiger charge is 2.19. The van der Waals surface area contributed by atoms with E-state index in [0.29, 0.717) is 18.8 Å². The highest BCUT2D eigenvalue weighted by atomic mass is 16.5. The monoisotopic (exact) mass is 369 g/mol. The number of hydrogen-bond donors (Lipinski definition) is 0. The van der Waals surface area contributed by atoms with E-state index in [0.717, 1.165) is 35.2 Å². The molecule has 0 N–H and O–H groups in total. The van der Waals surface area contributed by atoms with Crippen molar-refractivity contribution in [2.75, 3.05) is 13.2 Å². The van der Waals surface area contributed by atoms with Crippen LogP contribution in [0, 0.1) is 0 Å².